The fourth-order valence-electron chi connectivity index (χ4n) is 1.35. The number of amides is 1. The molecule has 1 aromatic rings. The van der Waals surface area contributed by atoms with Crippen molar-refractivity contribution in [2.75, 3.05) is 12.4 Å². The molecule has 0 unspecified atom stereocenters. The molecule has 1 amide bonds. The summed E-state index contributed by atoms with van der Waals surface area (Å²) in [5, 5.41) is 6.34. The van der Waals surface area contributed by atoms with E-state index >= 15 is 0 Å². The van der Waals surface area contributed by atoms with E-state index in [9.17, 15) is 4.79 Å². The molecule has 88 valence electrons. The number of carbonyl (C=O) groups excluding carboxylic acids is 1. The molecule has 1 rings (SSSR count). The van der Waals surface area contributed by atoms with Gasteiger partial charge in [0, 0.05) is 22.6 Å². The van der Waals surface area contributed by atoms with Gasteiger partial charge < -0.3 is 10.6 Å². The van der Waals surface area contributed by atoms with Crippen molar-refractivity contribution in [1.82, 2.24) is 5.32 Å². The highest BCUT2D eigenvalue weighted by Crippen LogP contribution is 2.30. The first kappa shape index (κ1) is 13.3. The summed E-state index contributed by atoms with van der Waals surface area (Å²) in [5.41, 5.74) is 1.28. The van der Waals surface area contributed by atoms with Crippen molar-refractivity contribution in [3.05, 3.63) is 27.2 Å². The Bertz CT molecular complexity index is 407. The van der Waals surface area contributed by atoms with Gasteiger partial charge in [-0.3, -0.25) is 4.79 Å². The van der Waals surface area contributed by atoms with Gasteiger partial charge in [-0.1, -0.05) is 11.6 Å². The Kier molecular flexibility index (Phi) is 4.62. The predicted octanol–water partition coefficient (Wildman–Crippen LogP) is 3.28. The summed E-state index contributed by atoms with van der Waals surface area (Å²) in [6, 6.07) is 3.49. The fraction of sp³-hybridized carbons (Fsp3) is 0.364. The molecule has 2 N–H and O–H groups in total. The number of hydrogen-bond donors (Lipinski definition) is 2. The lowest BCUT2D eigenvalue weighted by atomic mass is 10.1. The molecule has 0 bridgehead atoms. The average molecular weight is 306 g/mol. The van der Waals surface area contributed by atoms with Crippen LogP contribution in [0.25, 0.3) is 0 Å². The predicted molar refractivity (Wildman–Crippen MR) is 71.3 cm³/mol. The van der Waals surface area contributed by atoms with Crippen LogP contribution in [0.5, 0.6) is 0 Å². The summed E-state index contributed by atoms with van der Waals surface area (Å²) < 4.78 is 0.774. The van der Waals surface area contributed by atoms with Crippen molar-refractivity contribution in [2.24, 2.45) is 0 Å². The molecule has 16 heavy (non-hydrogen) atoms. The molecular formula is C11H14BrClN2O. The minimum Gasteiger partial charge on any atom is -0.387 e. The van der Waals surface area contributed by atoms with Gasteiger partial charge in [0.15, 0.2) is 0 Å². The number of rotatable bonds is 3. The third kappa shape index (κ3) is 3.12. The summed E-state index contributed by atoms with van der Waals surface area (Å²) in [7, 11) is 1.76. The molecule has 0 aliphatic carbocycles. The van der Waals surface area contributed by atoms with Gasteiger partial charge in [-0.25, -0.2) is 0 Å². The molecule has 0 spiro atoms. The topological polar surface area (TPSA) is 41.1 Å². The molecule has 5 heteroatoms. The van der Waals surface area contributed by atoms with Crippen LogP contribution in [0.2, 0.25) is 5.02 Å². The molecule has 0 heterocycles. The lowest BCUT2D eigenvalue weighted by Crippen LogP contribution is -2.30. The Labute approximate surface area is 109 Å². The molecule has 1 aromatic carbocycles. The van der Waals surface area contributed by atoms with Gasteiger partial charge in [-0.2, -0.15) is 0 Å². The van der Waals surface area contributed by atoms with Crippen molar-refractivity contribution < 1.29 is 4.79 Å². The number of halogens is 2. The maximum atomic E-state index is 11.9. The minimum atomic E-state index is -0.137. The number of anilines is 1. The third-order valence-electron chi connectivity index (χ3n) is 1.97. The van der Waals surface area contributed by atoms with E-state index in [2.05, 4.69) is 26.6 Å². The number of benzene rings is 1. The quantitative estimate of drug-likeness (QED) is 0.900. The van der Waals surface area contributed by atoms with Gasteiger partial charge in [0.05, 0.1) is 11.3 Å². The number of hydrogen-bond acceptors (Lipinski definition) is 2. The summed E-state index contributed by atoms with van der Waals surface area (Å²) in [5.74, 6) is -0.137. The van der Waals surface area contributed by atoms with Crippen molar-refractivity contribution in [1.29, 1.82) is 0 Å². The van der Waals surface area contributed by atoms with E-state index in [0.29, 0.717) is 10.6 Å². The molecule has 3 nitrogen and oxygen atoms in total. The van der Waals surface area contributed by atoms with E-state index in [-0.39, 0.29) is 11.9 Å². The molecule has 0 aromatic heterocycles. The molecule has 0 fully saturated rings. The second-order valence-electron chi connectivity index (χ2n) is 3.69. The number of carbonyl (C=O) groups is 1. The Hall–Kier alpha value is -0.740. The molecule has 0 saturated carbocycles. The molecule has 0 atom stereocenters. The summed E-state index contributed by atoms with van der Waals surface area (Å²) in [4.78, 5) is 11.9. The Morgan fingerprint density at radius 2 is 2.06 bits per heavy atom. The number of nitrogens with one attached hydrogen (secondary N) is 2. The van der Waals surface area contributed by atoms with Crippen LogP contribution in [-0.2, 0) is 0 Å². The van der Waals surface area contributed by atoms with E-state index in [1.165, 1.54) is 0 Å². The van der Waals surface area contributed by atoms with Gasteiger partial charge in [0.2, 0.25) is 0 Å². The van der Waals surface area contributed by atoms with Gasteiger partial charge >= 0.3 is 0 Å². The first-order valence-electron chi connectivity index (χ1n) is 4.93. The van der Waals surface area contributed by atoms with E-state index in [4.69, 9.17) is 11.6 Å². The highest BCUT2D eigenvalue weighted by molar-refractivity contribution is 9.10. The van der Waals surface area contributed by atoms with E-state index in [1.54, 1.807) is 19.2 Å². The SMILES string of the molecule is CNc1c(Br)cc(Cl)cc1C(=O)NC(C)C. The Morgan fingerprint density at radius 3 is 2.56 bits per heavy atom. The normalized spacial score (nSPS) is 10.4. The van der Waals surface area contributed by atoms with Crippen LogP contribution in [0.4, 0.5) is 5.69 Å². The zero-order valence-corrected chi connectivity index (χ0v) is 11.7. The van der Waals surface area contributed by atoms with Crippen LogP contribution in [0, 0.1) is 0 Å². The second-order valence-corrected chi connectivity index (χ2v) is 4.98. The molecule has 0 aliphatic heterocycles. The maximum Gasteiger partial charge on any atom is 0.253 e. The van der Waals surface area contributed by atoms with E-state index in [1.807, 2.05) is 13.8 Å². The Morgan fingerprint density at radius 1 is 1.44 bits per heavy atom. The van der Waals surface area contributed by atoms with Crippen LogP contribution in [0.15, 0.2) is 16.6 Å². The summed E-state index contributed by atoms with van der Waals surface area (Å²) >= 11 is 9.29. The molecule has 0 saturated heterocycles. The summed E-state index contributed by atoms with van der Waals surface area (Å²) in [6.07, 6.45) is 0. The third-order valence-corrected chi connectivity index (χ3v) is 2.81. The zero-order chi connectivity index (χ0) is 12.3. The van der Waals surface area contributed by atoms with Gasteiger partial charge in [0.1, 0.15) is 0 Å². The first-order chi connectivity index (χ1) is 7.45. The van der Waals surface area contributed by atoms with Crippen LogP contribution in [0.1, 0.15) is 24.2 Å². The standard InChI is InChI=1S/C11H14BrClN2O/c1-6(2)15-11(16)8-4-7(13)5-9(12)10(8)14-3/h4-6,14H,1-3H3,(H,15,16). The smallest absolute Gasteiger partial charge is 0.253 e. The highest BCUT2D eigenvalue weighted by atomic mass is 79.9. The van der Waals surface area contributed by atoms with E-state index in [0.717, 1.165) is 10.2 Å². The molecule has 0 radical (unpaired) electrons. The average Bonchev–Trinajstić information content (AvgIpc) is 2.15. The van der Waals surface area contributed by atoms with Gasteiger partial charge in [0.25, 0.3) is 5.91 Å². The van der Waals surface area contributed by atoms with Crippen molar-refractivity contribution in [2.45, 2.75) is 19.9 Å². The van der Waals surface area contributed by atoms with Crippen molar-refractivity contribution in [3.63, 3.8) is 0 Å². The molecular weight excluding hydrogens is 291 g/mol. The molecule has 0 aliphatic rings. The maximum absolute atomic E-state index is 11.9. The van der Waals surface area contributed by atoms with Crippen LogP contribution in [0.3, 0.4) is 0 Å². The lowest BCUT2D eigenvalue weighted by Gasteiger charge is -2.13. The van der Waals surface area contributed by atoms with Crippen LogP contribution >= 0.6 is 27.5 Å². The first-order valence-corrected chi connectivity index (χ1v) is 6.10. The van der Waals surface area contributed by atoms with Crippen LogP contribution < -0.4 is 10.6 Å². The Balaban J connectivity index is 3.15. The van der Waals surface area contributed by atoms with Crippen molar-refractivity contribution >= 4 is 39.1 Å². The second kappa shape index (κ2) is 5.55. The summed E-state index contributed by atoms with van der Waals surface area (Å²) in [6.45, 7) is 3.83. The zero-order valence-electron chi connectivity index (χ0n) is 9.40. The lowest BCUT2D eigenvalue weighted by molar-refractivity contribution is 0.0944. The highest BCUT2D eigenvalue weighted by Gasteiger charge is 2.15. The monoisotopic (exact) mass is 304 g/mol. The minimum absolute atomic E-state index is 0.0926. The fourth-order valence-corrected chi connectivity index (χ4v) is 2.36. The van der Waals surface area contributed by atoms with Gasteiger partial charge in [-0.05, 0) is 41.9 Å². The van der Waals surface area contributed by atoms with E-state index < -0.39 is 0 Å². The largest absolute Gasteiger partial charge is 0.387 e. The van der Waals surface area contributed by atoms with Crippen LogP contribution in [-0.4, -0.2) is 19.0 Å². The van der Waals surface area contributed by atoms with Gasteiger partial charge in [-0.15, -0.1) is 0 Å². The van der Waals surface area contributed by atoms with Crippen molar-refractivity contribution in [3.8, 4) is 0 Å².